The predicted molar refractivity (Wildman–Crippen MR) is 99.2 cm³/mol. The topological polar surface area (TPSA) is 81.7 Å². The molecule has 1 amide bonds. The van der Waals surface area contributed by atoms with Crippen molar-refractivity contribution in [1.29, 1.82) is 0 Å². The smallest absolute Gasteiger partial charge is 0.331 e. The van der Waals surface area contributed by atoms with Crippen LogP contribution in [0.5, 0.6) is 5.75 Å². The summed E-state index contributed by atoms with van der Waals surface area (Å²) in [4.78, 5) is 36.0. The van der Waals surface area contributed by atoms with Gasteiger partial charge in [0.15, 0.2) is 6.61 Å². The first-order valence-corrected chi connectivity index (χ1v) is 8.65. The van der Waals surface area contributed by atoms with Gasteiger partial charge in [-0.3, -0.25) is 9.59 Å². The lowest BCUT2D eigenvalue weighted by atomic mass is 10.2. The average molecular weight is 373 g/mol. The second kappa shape index (κ2) is 9.53. The second-order valence-electron chi connectivity index (χ2n) is 5.32. The Morgan fingerprint density at radius 2 is 2.00 bits per heavy atom. The molecule has 0 spiro atoms. The minimum Gasteiger partial charge on any atom is -0.497 e. The lowest BCUT2D eigenvalue weighted by molar-refractivity contribution is -0.136. The third kappa shape index (κ3) is 6.18. The van der Waals surface area contributed by atoms with E-state index in [1.165, 1.54) is 24.3 Å². The Balaban J connectivity index is 1.83. The number of nitrogens with one attached hydrogen (secondary N) is 1. The number of rotatable bonds is 8. The Morgan fingerprint density at radius 1 is 1.19 bits per heavy atom. The fraction of sp³-hybridized carbons (Fsp3) is 0.211. The molecule has 0 aliphatic rings. The first-order chi connectivity index (χ1) is 12.5. The SMILES string of the molecule is COc1cccc(/C=C/C(=O)OCC(=O)c2ccc(CNC(C)=O)s2)c1. The van der Waals surface area contributed by atoms with Crippen LogP contribution in [0.1, 0.15) is 27.0 Å². The second-order valence-corrected chi connectivity index (χ2v) is 6.48. The third-order valence-corrected chi connectivity index (χ3v) is 4.43. The van der Waals surface area contributed by atoms with Gasteiger partial charge in [0.2, 0.25) is 11.7 Å². The zero-order valence-corrected chi connectivity index (χ0v) is 15.3. The first-order valence-electron chi connectivity index (χ1n) is 7.83. The van der Waals surface area contributed by atoms with Crippen molar-refractivity contribution in [3.05, 3.63) is 57.8 Å². The van der Waals surface area contributed by atoms with Gasteiger partial charge in [-0.05, 0) is 35.9 Å². The molecule has 26 heavy (non-hydrogen) atoms. The zero-order chi connectivity index (χ0) is 18.9. The van der Waals surface area contributed by atoms with Gasteiger partial charge in [-0.25, -0.2) is 4.79 Å². The van der Waals surface area contributed by atoms with Crippen molar-refractivity contribution in [2.45, 2.75) is 13.5 Å². The Morgan fingerprint density at radius 3 is 2.73 bits per heavy atom. The summed E-state index contributed by atoms with van der Waals surface area (Å²) in [5.74, 6) is -0.338. The summed E-state index contributed by atoms with van der Waals surface area (Å²) in [5, 5.41) is 2.66. The van der Waals surface area contributed by atoms with E-state index in [0.717, 1.165) is 10.4 Å². The molecule has 0 fully saturated rings. The number of carbonyl (C=O) groups is 3. The van der Waals surface area contributed by atoms with Gasteiger partial charge in [0.05, 0.1) is 18.5 Å². The van der Waals surface area contributed by atoms with Gasteiger partial charge >= 0.3 is 5.97 Å². The molecule has 2 rings (SSSR count). The minimum absolute atomic E-state index is 0.136. The molecule has 1 heterocycles. The molecule has 1 aromatic heterocycles. The average Bonchev–Trinajstić information content (AvgIpc) is 3.12. The summed E-state index contributed by atoms with van der Waals surface area (Å²) in [6, 6.07) is 10.6. The van der Waals surface area contributed by atoms with Gasteiger partial charge in [-0.1, -0.05) is 12.1 Å². The van der Waals surface area contributed by atoms with Gasteiger partial charge in [0, 0.05) is 17.9 Å². The van der Waals surface area contributed by atoms with E-state index < -0.39 is 5.97 Å². The van der Waals surface area contributed by atoms with Crippen LogP contribution in [0.25, 0.3) is 6.08 Å². The number of methoxy groups -OCH3 is 1. The molecule has 1 aromatic carbocycles. The van der Waals surface area contributed by atoms with Crippen molar-refractivity contribution < 1.29 is 23.9 Å². The van der Waals surface area contributed by atoms with Crippen LogP contribution in [0.3, 0.4) is 0 Å². The number of hydrogen-bond acceptors (Lipinski definition) is 6. The maximum absolute atomic E-state index is 12.1. The van der Waals surface area contributed by atoms with Gasteiger partial charge in [-0.2, -0.15) is 0 Å². The number of ketones is 1. The zero-order valence-electron chi connectivity index (χ0n) is 14.5. The van der Waals surface area contributed by atoms with Crippen LogP contribution in [0, 0.1) is 0 Å². The quantitative estimate of drug-likeness (QED) is 0.437. The number of thiophene rings is 1. The van der Waals surface area contributed by atoms with E-state index in [2.05, 4.69) is 5.32 Å². The highest BCUT2D eigenvalue weighted by Crippen LogP contribution is 2.17. The number of Topliss-reactive ketones (excluding diaryl/α,β-unsaturated/α-hetero) is 1. The summed E-state index contributed by atoms with van der Waals surface area (Å²) < 4.78 is 10.1. The van der Waals surface area contributed by atoms with E-state index in [1.807, 2.05) is 12.1 Å². The summed E-state index contributed by atoms with van der Waals surface area (Å²) in [7, 11) is 1.56. The van der Waals surface area contributed by atoms with Crippen molar-refractivity contribution in [1.82, 2.24) is 5.32 Å². The highest BCUT2D eigenvalue weighted by Gasteiger charge is 2.11. The fourth-order valence-electron chi connectivity index (χ4n) is 2.00. The third-order valence-electron chi connectivity index (χ3n) is 3.30. The summed E-state index contributed by atoms with van der Waals surface area (Å²) >= 11 is 1.26. The monoisotopic (exact) mass is 373 g/mol. The maximum Gasteiger partial charge on any atom is 0.331 e. The number of carbonyl (C=O) groups excluding carboxylic acids is 3. The van der Waals surface area contributed by atoms with Crippen LogP contribution in [0.15, 0.2) is 42.5 Å². The van der Waals surface area contributed by atoms with Crippen molar-refractivity contribution >= 4 is 35.1 Å². The maximum atomic E-state index is 12.1. The highest BCUT2D eigenvalue weighted by atomic mass is 32.1. The van der Waals surface area contributed by atoms with E-state index in [-0.39, 0.29) is 18.3 Å². The normalized spacial score (nSPS) is 10.5. The minimum atomic E-state index is -0.601. The molecular weight excluding hydrogens is 354 g/mol. The molecule has 7 heteroatoms. The van der Waals surface area contributed by atoms with Gasteiger partial charge in [0.25, 0.3) is 0 Å². The number of ether oxygens (including phenoxy) is 2. The van der Waals surface area contributed by atoms with Crippen molar-refractivity contribution in [3.63, 3.8) is 0 Å². The molecule has 0 radical (unpaired) electrons. The highest BCUT2D eigenvalue weighted by molar-refractivity contribution is 7.14. The molecule has 0 saturated carbocycles. The lowest BCUT2D eigenvalue weighted by Crippen LogP contribution is -2.18. The molecule has 2 aromatic rings. The molecule has 0 aliphatic carbocycles. The van der Waals surface area contributed by atoms with Crippen LogP contribution in [-0.4, -0.2) is 31.4 Å². The molecule has 136 valence electrons. The number of amides is 1. The molecule has 0 unspecified atom stereocenters. The Bertz CT molecular complexity index is 825. The fourth-order valence-corrected chi connectivity index (χ4v) is 2.87. The molecular formula is C19H19NO5S. The van der Waals surface area contributed by atoms with E-state index in [1.54, 1.807) is 37.5 Å². The molecule has 0 atom stereocenters. The van der Waals surface area contributed by atoms with Crippen LogP contribution in [0.4, 0.5) is 0 Å². The predicted octanol–water partition coefficient (Wildman–Crippen LogP) is 2.83. The summed E-state index contributed by atoms with van der Waals surface area (Å²) in [6.45, 7) is 1.47. The van der Waals surface area contributed by atoms with Crippen LogP contribution < -0.4 is 10.1 Å². The number of hydrogen-bond donors (Lipinski definition) is 1. The molecule has 0 bridgehead atoms. The number of esters is 1. The van der Waals surface area contributed by atoms with Crippen LogP contribution >= 0.6 is 11.3 Å². The largest absolute Gasteiger partial charge is 0.497 e. The Hall–Kier alpha value is -2.93. The van der Waals surface area contributed by atoms with Gasteiger partial charge < -0.3 is 14.8 Å². The van der Waals surface area contributed by atoms with Crippen LogP contribution in [0.2, 0.25) is 0 Å². The van der Waals surface area contributed by atoms with Crippen LogP contribution in [-0.2, 0) is 20.9 Å². The van der Waals surface area contributed by atoms with E-state index >= 15 is 0 Å². The Kier molecular flexibility index (Phi) is 7.11. The molecule has 1 N–H and O–H groups in total. The molecule has 0 saturated heterocycles. The molecule has 0 aliphatic heterocycles. The number of benzene rings is 1. The molecule has 6 nitrogen and oxygen atoms in total. The standard InChI is InChI=1S/C19H19NO5S/c1-13(21)20-11-16-7-8-18(26-16)17(22)12-25-19(23)9-6-14-4-3-5-15(10-14)24-2/h3-10H,11-12H2,1-2H3,(H,20,21)/b9-6+. The lowest BCUT2D eigenvalue weighted by Gasteiger charge is -2.01. The van der Waals surface area contributed by atoms with E-state index in [4.69, 9.17) is 9.47 Å². The van der Waals surface area contributed by atoms with Gasteiger partial charge in [0.1, 0.15) is 5.75 Å². The van der Waals surface area contributed by atoms with Crippen molar-refractivity contribution in [2.24, 2.45) is 0 Å². The van der Waals surface area contributed by atoms with E-state index in [0.29, 0.717) is 17.2 Å². The van der Waals surface area contributed by atoms with Crippen molar-refractivity contribution in [2.75, 3.05) is 13.7 Å². The first kappa shape index (κ1) is 19.4. The van der Waals surface area contributed by atoms with E-state index in [9.17, 15) is 14.4 Å². The Labute approximate surface area is 155 Å². The van der Waals surface area contributed by atoms with Crippen molar-refractivity contribution in [3.8, 4) is 5.75 Å². The summed E-state index contributed by atoms with van der Waals surface area (Å²) in [6.07, 6.45) is 2.85. The summed E-state index contributed by atoms with van der Waals surface area (Å²) in [5.41, 5.74) is 0.786. The van der Waals surface area contributed by atoms with Gasteiger partial charge in [-0.15, -0.1) is 11.3 Å².